The van der Waals surface area contributed by atoms with Crippen molar-refractivity contribution in [3.05, 3.63) is 0 Å². The summed E-state index contributed by atoms with van der Waals surface area (Å²) in [5.74, 6) is -0.484. The van der Waals surface area contributed by atoms with Crippen LogP contribution in [0.2, 0.25) is 0 Å². The Morgan fingerprint density at radius 2 is 1.84 bits per heavy atom. The molecule has 0 saturated carbocycles. The number of carbonyl (C=O) groups is 2. The highest BCUT2D eigenvalue weighted by molar-refractivity contribution is 5.86. The van der Waals surface area contributed by atoms with Gasteiger partial charge in [0, 0.05) is 18.5 Å². The summed E-state index contributed by atoms with van der Waals surface area (Å²) in [6, 6.07) is 0.398. The quantitative estimate of drug-likeness (QED) is 0.806. The number of carbonyl (C=O) groups excluding carboxylic acids is 1. The zero-order chi connectivity index (χ0) is 14.2. The molecule has 0 spiro atoms. The van der Waals surface area contributed by atoms with Gasteiger partial charge in [-0.05, 0) is 44.9 Å². The van der Waals surface area contributed by atoms with Crippen LogP contribution in [-0.4, -0.2) is 39.5 Å². The summed E-state index contributed by atoms with van der Waals surface area (Å²) in [5.41, 5.74) is 5.28. The fourth-order valence-electron chi connectivity index (χ4n) is 3.48. The molecule has 0 radical (unpaired) electrons. The zero-order valence-electron chi connectivity index (χ0n) is 11.8. The summed E-state index contributed by atoms with van der Waals surface area (Å²) in [7, 11) is 0. The van der Waals surface area contributed by atoms with Gasteiger partial charge in [-0.1, -0.05) is 6.92 Å². The van der Waals surface area contributed by atoms with Crippen LogP contribution in [0.4, 0.5) is 0 Å². The lowest BCUT2D eigenvalue weighted by molar-refractivity contribution is -0.143. The number of carboxylic acid groups (broad SMARTS) is 1. The first kappa shape index (κ1) is 14.3. The van der Waals surface area contributed by atoms with E-state index in [2.05, 4.69) is 0 Å². The summed E-state index contributed by atoms with van der Waals surface area (Å²) in [6.07, 6.45) is 4.46. The van der Waals surface area contributed by atoms with Gasteiger partial charge in [-0.25, -0.2) is 0 Å². The first-order chi connectivity index (χ1) is 8.85. The standard InChI is InChI=1S/C14H24N2O3/c1-3-14(2,15)13(19)16-10-4-5-11(16)7-9(6-10)8-12(17)18/h9-11H,3-8,15H2,1-2H3,(H,17,18). The molecule has 3 N–H and O–H groups in total. The number of amides is 1. The van der Waals surface area contributed by atoms with Gasteiger partial charge >= 0.3 is 5.97 Å². The van der Waals surface area contributed by atoms with E-state index < -0.39 is 11.5 Å². The van der Waals surface area contributed by atoms with E-state index >= 15 is 0 Å². The molecule has 5 nitrogen and oxygen atoms in total. The Bertz CT molecular complexity index is 367. The van der Waals surface area contributed by atoms with Gasteiger partial charge in [0.05, 0.1) is 5.54 Å². The summed E-state index contributed by atoms with van der Waals surface area (Å²) < 4.78 is 0. The molecule has 2 fully saturated rings. The minimum Gasteiger partial charge on any atom is -0.481 e. The van der Waals surface area contributed by atoms with Crippen LogP contribution < -0.4 is 5.73 Å². The lowest BCUT2D eigenvalue weighted by Crippen LogP contribution is -2.58. The van der Waals surface area contributed by atoms with Crippen molar-refractivity contribution in [2.24, 2.45) is 11.7 Å². The summed E-state index contributed by atoms with van der Waals surface area (Å²) >= 11 is 0. The Kier molecular flexibility index (Phi) is 3.85. The number of nitrogens with two attached hydrogens (primary N) is 1. The van der Waals surface area contributed by atoms with Crippen LogP contribution in [-0.2, 0) is 9.59 Å². The molecule has 2 aliphatic rings. The van der Waals surface area contributed by atoms with E-state index in [1.54, 1.807) is 6.92 Å². The van der Waals surface area contributed by atoms with Gasteiger partial charge in [0.1, 0.15) is 0 Å². The maximum Gasteiger partial charge on any atom is 0.303 e. The number of hydrogen-bond donors (Lipinski definition) is 2. The van der Waals surface area contributed by atoms with Crippen LogP contribution in [0.1, 0.15) is 52.4 Å². The fourth-order valence-corrected chi connectivity index (χ4v) is 3.48. The van der Waals surface area contributed by atoms with Crippen LogP contribution in [0, 0.1) is 5.92 Å². The third-order valence-corrected chi connectivity index (χ3v) is 4.75. The van der Waals surface area contributed by atoms with Crippen molar-refractivity contribution in [2.45, 2.75) is 70.0 Å². The number of nitrogens with zero attached hydrogens (tertiary/aromatic N) is 1. The maximum absolute atomic E-state index is 12.5. The Balaban J connectivity index is 2.07. The van der Waals surface area contributed by atoms with Crippen molar-refractivity contribution in [3.8, 4) is 0 Å². The van der Waals surface area contributed by atoms with Crippen LogP contribution in [0.25, 0.3) is 0 Å². The number of hydrogen-bond acceptors (Lipinski definition) is 3. The van der Waals surface area contributed by atoms with E-state index in [9.17, 15) is 9.59 Å². The number of piperidine rings is 1. The Morgan fingerprint density at radius 3 is 2.26 bits per heavy atom. The normalized spacial score (nSPS) is 33.0. The molecule has 2 saturated heterocycles. The maximum atomic E-state index is 12.5. The Hall–Kier alpha value is -1.10. The molecule has 1 amide bonds. The van der Waals surface area contributed by atoms with Gasteiger partial charge in [0.2, 0.25) is 5.91 Å². The lowest BCUT2D eigenvalue weighted by Gasteiger charge is -2.42. The van der Waals surface area contributed by atoms with E-state index in [0.29, 0.717) is 6.42 Å². The molecular formula is C14H24N2O3. The van der Waals surface area contributed by atoms with Gasteiger partial charge < -0.3 is 15.7 Å². The monoisotopic (exact) mass is 268 g/mol. The predicted molar refractivity (Wildman–Crippen MR) is 71.5 cm³/mol. The molecule has 2 aliphatic heterocycles. The van der Waals surface area contributed by atoms with Crippen molar-refractivity contribution in [1.82, 2.24) is 4.90 Å². The smallest absolute Gasteiger partial charge is 0.303 e. The minimum absolute atomic E-state index is 0.0382. The molecule has 2 heterocycles. The molecule has 2 bridgehead atoms. The molecule has 0 aromatic rings. The summed E-state index contributed by atoms with van der Waals surface area (Å²) in [5, 5.41) is 8.90. The molecule has 0 aliphatic carbocycles. The van der Waals surface area contributed by atoms with Gasteiger partial charge in [0.15, 0.2) is 0 Å². The summed E-state index contributed by atoms with van der Waals surface area (Å²) in [4.78, 5) is 25.3. The molecule has 0 aromatic heterocycles. The highest BCUT2D eigenvalue weighted by Crippen LogP contribution is 2.40. The van der Waals surface area contributed by atoms with Crippen molar-refractivity contribution in [1.29, 1.82) is 0 Å². The molecule has 19 heavy (non-hydrogen) atoms. The molecule has 3 unspecified atom stereocenters. The number of rotatable bonds is 4. The largest absolute Gasteiger partial charge is 0.481 e. The predicted octanol–water partition coefficient (Wildman–Crippen LogP) is 1.36. The number of carboxylic acids is 1. The van der Waals surface area contributed by atoms with E-state index in [0.717, 1.165) is 25.7 Å². The van der Waals surface area contributed by atoms with Crippen LogP contribution >= 0.6 is 0 Å². The SMILES string of the molecule is CCC(C)(N)C(=O)N1C2CCC1CC(CC(=O)O)C2. The van der Waals surface area contributed by atoms with E-state index in [4.69, 9.17) is 10.8 Å². The average molecular weight is 268 g/mol. The Morgan fingerprint density at radius 1 is 1.32 bits per heavy atom. The van der Waals surface area contributed by atoms with Gasteiger partial charge in [-0.2, -0.15) is 0 Å². The lowest BCUT2D eigenvalue weighted by atomic mass is 9.86. The number of fused-ring (bicyclic) bond motifs is 2. The minimum atomic E-state index is -0.791. The molecular weight excluding hydrogens is 244 g/mol. The average Bonchev–Trinajstić information content (AvgIpc) is 2.59. The van der Waals surface area contributed by atoms with E-state index in [1.807, 2.05) is 11.8 Å². The first-order valence-electron chi connectivity index (χ1n) is 7.18. The van der Waals surface area contributed by atoms with Gasteiger partial charge in [0.25, 0.3) is 0 Å². The first-order valence-corrected chi connectivity index (χ1v) is 7.18. The van der Waals surface area contributed by atoms with Gasteiger partial charge in [-0.15, -0.1) is 0 Å². The molecule has 108 valence electrons. The second kappa shape index (κ2) is 5.12. The van der Waals surface area contributed by atoms with Crippen LogP contribution in [0.15, 0.2) is 0 Å². The molecule has 5 heteroatoms. The zero-order valence-corrected chi connectivity index (χ0v) is 11.8. The summed E-state index contributed by atoms with van der Waals surface area (Å²) in [6.45, 7) is 3.72. The molecule has 0 aromatic carbocycles. The van der Waals surface area contributed by atoms with Crippen LogP contribution in [0.3, 0.4) is 0 Å². The highest BCUT2D eigenvalue weighted by Gasteiger charge is 2.46. The second-order valence-electron chi connectivity index (χ2n) is 6.30. The number of aliphatic carboxylic acids is 1. The fraction of sp³-hybridized carbons (Fsp3) is 0.857. The van der Waals surface area contributed by atoms with Crippen molar-refractivity contribution >= 4 is 11.9 Å². The Labute approximate surface area is 114 Å². The highest BCUT2D eigenvalue weighted by atomic mass is 16.4. The third kappa shape index (κ3) is 2.76. The van der Waals surface area contributed by atoms with E-state index in [-0.39, 0.29) is 30.3 Å². The van der Waals surface area contributed by atoms with Crippen molar-refractivity contribution in [2.75, 3.05) is 0 Å². The van der Waals surface area contributed by atoms with Crippen molar-refractivity contribution in [3.63, 3.8) is 0 Å². The van der Waals surface area contributed by atoms with Crippen molar-refractivity contribution < 1.29 is 14.7 Å². The van der Waals surface area contributed by atoms with Crippen LogP contribution in [0.5, 0.6) is 0 Å². The second-order valence-corrected chi connectivity index (χ2v) is 6.30. The topological polar surface area (TPSA) is 83.6 Å². The van der Waals surface area contributed by atoms with E-state index in [1.165, 1.54) is 0 Å². The molecule has 2 rings (SSSR count). The molecule has 3 atom stereocenters. The third-order valence-electron chi connectivity index (χ3n) is 4.75. The van der Waals surface area contributed by atoms with Gasteiger partial charge in [-0.3, -0.25) is 9.59 Å².